The Balaban J connectivity index is 2.33. The summed E-state index contributed by atoms with van der Waals surface area (Å²) < 4.78 is 0. The van der Waals surface area contributed by atoms with Crippen LogP contribution in [0.2, 0.25) is 0 Å². The van der Waals surface area contributed by atoms with Crippen molar-refractivity contribution in [3.05, 3.63) is 12.7 Å². The molecule has 0 spiro atoms. The summed E-state index contributed by atoms with van der Waals surface area (Å²) in [5.74, 6) is 2.60. The minimum Gasteiger partial charge on any atom is -0.301 e. The second-order valence-corrected chi connectivity index (χ2v) is 4.01. The summed E-state index contributed by atoms with van der Waals surface area (Å²) in [4.78, 5) is 4.13. The Morgan fingerprint density at radius 3 is 2.85 bits per heavy atom. The molecule has 0 amide bonds. The third-order valence-corrected chi connectivity index (χ3v) is 3.28. The molecule has 74 valence electrons. The van der Waals surface area contributed by atoms with Crippen LogP contribution in [0.4, 0.5) is 0 Å². The van der Waals surface area contributed by atoms with Crippen molar-refractivity contribution < 1.29 is 0 Å². The summed E-state index contributed by atoms with van der Waals surface area (Å²) in [6, 6.07) is 0. The SMILES string of the molecule is C=CCCC1CC(C=NC)C1CC. The van der Waals surface area contributed by atoms with Crippen molar-refractivity contribution >= 4 is 6.21 Å². The predicted octanol–water partition coefficient (Wildman–Crippen LogP) is 3.32. The van der Waals surface area contributed by atoms with Gasteiger partial charge in [0.1, 0.15) is 0 Å². The van der Waals surface area contributed by atoms with Gasteiger partial charge in [-0.25, -0.2) is 0 Å². The number of rotatable bonds is 5. The van der Waals surface area contributed by atoms with E-state index in [0.717, 1.165) is 17.8 Å². The molecular weight excluding hydrogens is 158 g/mol. The molecule has 3 atom stereocenters. The van der Waals surface area contributed by atoms with E-state index in [1.807, 2.05) is 13.1 Å². The lowest BCUT2D eigenvalue weighted by molar-refractivity contribution is 0.114. The van der Waals surface area contributed by atoms with Crippen molar-refractivity contribution in [2.45, 2.75) is 32.6 Å². The Morgan fingerprint density at radius 2 is 2.31 bits per heavy atom. The average molecular weight is 179 g/mol. The summed E-state index contributed by atoms with van der Waals surface area (Å²) in [6.07, 6.45) is 9.34. The second-order valence-electron chi connectivity index (χ2n) is 4.01. The maximum Gasteiger partial charge on any atom is 0.0273 e. The van der Waals surface area contributed by atoms with Crippen LogP contribution in [-0.2, 0) is 0 Å². The van der Waals surface area contributed by atoms with Crippen LogP contribution in [0.5, 0.6) is 0 Å². The van der Waals surface area contributed by atoms with Crippen LogP contribution in [0.25, 0.3) is 0 Å². The number of hydrogen-bond acceptors (Lipinski definition) is 1. The van der Waals surface area contributed by atoms with Gasteiger partial charge in [-0.15, -0.1) is 6.58 Å². The molecule has 1 nitrogen and oxygen atoms in total. The fourth-order valence-electron chi connectivity index (χ4n) is 2.52. The molecule has 0 aromatic heterocycles. The van der Waals surface area contributed by atoms with Crippen molar-refractivity contribution in [3.63, 3.8) is 0 Å². The van der Waals surface area contributed by atoms with Crippen LogP contribution in [0.1, 0.15) is 32.6 Å². The monoisotopic (exact) mass is 179 g/mol. The van der Waals surface area contributed by atoms with E-state index in [4.69, 9.17) is 0 Å². The molecule has 1 saturated carbocycles. The van der Waals surface area contributed by atoms with Gasteiger partial charge >= 0.3 is 0 Å². The molecular formula is C12H21N. The van der Waals surface area contributed by atoms with Crippen LogP contribution < -0.4 is 0 Å². The summed E-state index contributed by atoms with van der Waals surface area (Å²) in [5, 5.41) is 0. The molecule has 1 aliphatic carbocycles. The summed E-state index contributed by atoms with van der Waals surface area (Å²) in [7, 11) is 1.88. The Bertz CT molecular complexity index is 184. The van der Waals surface area contributed by atoms with E-state index in [0.29, 0.717) is 0 Å². The van der Waals surface area contributed by atoms with Crippen molar-refractivity contribution in [2.24, 2.45) is 22.7 Å². The predicted molar refractivity (Wildman–Crippen MR) is 59.2 cm³/mol. The summed E-state index contributed by atoms with van der Waals surface area (Å²) in [6.45, 7) is 6.06. The van der Waals surface area contributed by atoms with E-state index in [2.05, 4.69) is 24.7 Å². The van der Waals surface area contributed by atoms with Gasteiger partial charge in [0, 0.05) is 13.3 Å². The molecule has 13 heavy (non-hydrogen) atoms. The smallest absolute Gasteiger partial charge is 0.0273 e. The highest BCUT2D eigenvalue weighted by molar-refractivity contribution is 5.62. The van der Waals surface area contributed by atoms with Crippen molar-refractivity contribution in [1.82, 2.24) is 0 Å². The van der Waals surface area contributed by atoms with Gasteiger partial charge in [-0.3, -0.25) is 0 Å². The molecule has 0 heterocycles. The van der Waals surface area contributed by atoms with Gasteiger partial charge in [-0.05, 0) is 37.0 Å². The van der Waals surface area contributed by atoms with Crippen LogP contribution in [0.15, 0.2) is 17.6 Å². The molecule has 1 aliphatic rings. The number of allylic oxidation sites excluding steroid dienone is 1. The molecule has 0 bridgehead atoms. The van der Waals surface area contributed by atoms with Crippen molar-refractivity contribution in [1.29, 1.82) is 0 Å². The normalized spacial score (nSPS) is 33.2. The van der Waals surface area contributed by atoms with E-state index in [1.54, 1.807) is 0 Å². The Kier molecular flexibility index (Phi) is 4.20. The summed E-state index contributed by atoms with van der Waals surface area (Å²) in [5.41, 5.74) is 0. The first-order valence-corrected chi connectivity index (χ1v) is 5.36. The third-order valence-electron chi connectivity index (χ3n) is 3.28. The van der Waals surface area contributed by atoms with E-state index in [1.165, 1.54) is 25.7 Å². The van der Waals surface area contributed by atoms with Gasteiger partial charge in [-0.2, -0.15) is 0 Å². The molecule has 1 heteroatoms. The van der Waals surface area contributed by atoms with Crippen LogP contribution in [0, 0.1) is 17.8 Å². The topological polar surface area (TPSA) is 12.4 Å². The number of nitrogens with zero attached hydrogens (tertiary/aromatic N) is 1. The van der Waals surface area contributed by atoms with Gasteiger partial charge in [0.25, 0.3) is 0 Å². The van der Waals surface area contributed by atoms with Crippen molar-refractivity contribution in [3.8, 4) is 0 Å². The lowest BCUT2D eigenvalue weighted by atomic mass is 9.62. The zero-order chi connectivity index (χ0) is 9.68. The first-order valence-electron chi connectivity index (χ1n) is 5.36. The maximum atomic E-state index is 4.13. The fourth-order valence-corrected chi connectivity index (χ4v) is 2.52. The highest BCUT2D eigenvalue weighted by atomic mass is 14.7. The number of hydrogen-bond donors (Lipinski definition) is 0. The van der Waals surface area contributed by atoms with Crippen LogP contribution >= 0.6 is 0 Å². The molecule has 3 unspecified atom stereocenters. The molecule has 1 rings (SSSR count). The minimum atomic E-state index is 0.768. The molecule has 0 aliphatic heterocycles. The first kappa shape index (κ1) is 10.5. The van der Waals surface area contributed by atoms with E-state index < -0.39 is 0 Å². The van der Waals surface area contributed by atoms with Gasteiger partial charge in [0.05, 0.1) is 0 Å². The zero-order valence-corrected chi connectivity index (χ0v) is 8.87. The molecule has 0 aromatic rings. The highest BCUT2D eigenvalue weighted by Gasteiger charge is 2.37. The van der Waals surface area contributed by atoms with Gasteiger partial charge < -0.3 is 4.99 Å². The van der Waals surface area contributed by atoms with Crippen LogP contribution in [0.3, 0.4) is 0 Å². The highest BCUT2D eigenvalue weighted by Crippen LogP contribution is 2.44. The fraction of sp³-hybridized carbons (Fsp3) is 0.750. The largest absolute Gasteiger partial charge is 0.301 e. The Labute approximate surface area is 82.0 Å². The molecule has 0 saturated heterocycles. The first-order chi connectivity index (χ1) is 6.33. The van der Waals surface area contributed by atoms with E-state index in [-0.39, 0.29) is 0 Å². The Hall–Kier alpha value is -0.590. The molecule has 0 aromatic carbocycles. The second kappa shape index (κ2) is 5.21. The minimum absolute atomic E-state index is 0.768. The quantitative estimate of drug-likeness (QED) is 0.453. The van der Waals surface area contributed by atoms with Gasteiger partial charge in [0.2, 0.25) is 0 Å². The summed E-state index contributed by atoms with van der Waals surface area (Å²) >= 11 is 0. The van der Waals surface area contributed by atoms with Gasteiger partial charge in [0.15, 0.2) is 0 Å². The zero-order valence-electron chi connectivity index (χ0n) is 8.87. The lowest BCUT2D eigenvalue weighted by Crippen LogP contribution is -2.37. The van der Waals surface area contributed by atoms with Crippen LogP contribution in [-0.4, -0.2) is 13.3 Å². The maximum absolute atomic E-state index is 4.13. The van der Waals surface area contributed by atoms with E-state index in [9.17, 15) is 0 Å². The number of aliphatic imine (C=N–C) groups is 1. The average Bonchev–Trinajstić information content (AvgIpc) is 2.10. The third kappa shape index (κ3) is 2.43. The lowest BCUT2D eigenvalue weighted by Gasteiger charge is -2.42. The molecule has 1 fully saturated rings. The Morgan fingerprint density at radius 1 is 1.54 bits per heavy atom. The van der Waals surface area contributed by atoms with Crippen molar-refractivity contribution in [2.75, 3.05) is 7.05 Å². The van der Waals surface area contributed by atoms with Gasteiger partial charge in [-0.1, -0.05) is 19.4 Å². The van der Waals surface area contributed by atoms with E-state index >= 15 is 0 Å². The standard InChI is InChI=1S/C12H21N/c1-4-6-7-10-8-11(9-13-3)12(10)5-2/h4,9-12H,1,5-8H2,2-3H3. The molecule has 0 N–H and O–H groups in total. The molecule has 0 radical (unpaired) electrons.